The fourth-order valence-corrected chi connectivity index (χ4v) is 7.33. The fourth-order valence-electron chi connectivity index (χ4n) is 4.80. The highest BCUT2D eigenvalue weighted by Gasteiger charge is 2.50. The van der Waals surface area contributed by atoms with Crippen LogP contribution in [0.15, 0.2) is 53.4 Å². The summed E-state index contributed by atoms with van der Waals surface area (Å²) >= 11 is 0. The van der Waals surface area contributed by atoms with Gasteiger partial charge in [0.1, 0.15) is 0 Å². The maximum absolute atomic E-state index is 12.2. The van der Waals surface area contributed by atoms with Gasteiger partial charge in [-0.2, -0.15) is 0 Å². The summed E-state index contributed by atoms with van der Waals surface area (Å²) in [7, 11) is 1.11. The molecular formula is C25H34NO3S+. The number of carbonyl (C=O) groups excluding carboxylic acids is 1. The van der Waals surface area contributed by atoms with Gasteiger partial charge in [-0.15, -0.1) is 0 Å². The maximum atomic E-state index is 12.2. The van der Waals surface area contributed by atoms with Crippen LogP contribution in [0.1, 0.15) is 56.6 Å². The first-order valence-electron chi connectivity index (χ1n) is 10.8. The van der Waals surface area contributed by atoms with E-state index in [2.05, 4.69) is 13.8 Å². The number of hydrogen-bond acceptors (Lipinski definition) is 3. The number of aliphatic hydroxyl groups excluding tert-OH is 1. The van der Waals surface area contributed by atoms with E-state index in [1.165, 1.54) is 0 Å². The zero-order chi connectivity index (χ0) is 21.9. The lowest BCUT2D eigenvalue weighted by Crippen LogP contribution is -2.42. The van der Waals surface area contributed by atoms with E-state index in [1.54, 1.807) is 0 Å². The van der Waals surface area contributed by atoms with E-state index in [1.807, 2.05) is 72.8 Å². The van der Waals surface area contributed by atoms with Gasteiger partial charge in [-0.3, -0.25) is 0 Å². The Kier molecular flexibility index (Phi) is 6.76. The van der Waals surface area contributed by atoms with Gasteiger partial charge in [-0.25, -0.2) is 9.00 Å². The zero-order valence-corrected chi connectivity index (χ0v) is 19.3. The molecule has 0 saturated carbocycles. The van der Waals surface area contributed by atoms with Crippen LogP contribution in [-0.2, 0) is 14.3 Å². The molecule has 0 bridgehead atoms. The highest BCUT2D eigenvalue weighted by atomic mass is 32.2. The van der Waals surface area contributed by atoms with Crippen molar-refractivity contribution in [2.75, 3.05) is 24.7 Å². The van der Waals surface area contributed by atoms with E-state index < -0.39 is 21.0 Å². The van der Waals surface area contributed by atoms with E-state index >= 15 is 0 Å². The predicted molar refractivity (Wildman–Crippen MR) is 125 cm³/mol. The molecule has 0 aromatic heterocycles. The maximum Gasteiger partial charge on any atom is 0.240 e. The van der Waals surface area contributed by atoms with E-state index in [9.17, 15) is 14.1 Å². The van der Waals surface area contributed by atoms with Crippen molar-refractivity contribution in [2.24, 2.45) is 5.41 Å². The lowest BCUT2D eigenvalue weighted by atomic mass is 9.69. The number of rotatable bonds is 6. The highest BCUT2D eigenvalue weighted by Crippen LogP contribution is 2.49. The van der Waals surface area contributed by atoms with Crippen molar-refractivity contribution >= 4 is 20.4 Å². The molecular weight excluding hydrogens is 394 g/mol. The summed E-state index contributed by atoms with van der Waals surface area (Å²) in [6, 6.07) is 15.8. The third-order valence-corrected chi connectivity index (χ3v) is 9.04. The monoisotopic (exact) mass is 428 g/mol. The molecule has 0 amide bonds. The Morgan fingerprint density at radius 2 is 1.90 bits per heavy atom. The topological polar surface area (TPSA) is 61.9 Å². The average Bonchev–Trinajstić information content (AvgIpc) is 2.84. The first-order valence-corrected chi connectivity index (χ1v) is 12.5. The van der Waals surface area contributed by atoms with Crippen LogP contribution >= 0.6 is 0 Å². The van der Waals surface area contributed by atoms with Crippen LogP contribution in [-0.4, -0.2) is 40.5 Å². The van der Waals surface area contributed by atoms with Crippen molar-refractivity contribution in [3.63, 3.8) is 0 Å². The van der Waals surface area contributed by atoms with Crippen molar-refractivity contribution < 1.29 is 14.1 Å². The van der Waals surface area contributed by atoms with Crippen LogP contribution in [0.4, 0.5) is 5.69 Å². The average molecular weight is 429 g/mol. The SMILES string of the molecule is CCCC[C@]1(CC)CS(=[OH+])(=C=O)c2ccc(N(C)C)cc2[C@@H](c2ccccc2)[C@H]1O. The molecule has 2 aromatic carbocycles. The first kappa shape index (κ1) is 22.6. The molecule has 1 aliphatic heterocycles. The summed E-state index contributed by atoms with van der Waals surface area (Å²) in [6.07, 6.45) is 2.71. The van der Waals surface area contributed by atoms with E-state index in [-0.39, 0.29) is 11.7 Å². The Bertz CT molecular complexity index is 1020. The van der Waals surface area contributed by atoms with Gasteiger partial charge in [-0.05, 0) is 42.2 Å². The van der Waals surface area contributed by atoms with Crippen LogP contribution < -0.4 is 4.90 Å². The normalized spacial score (nSPS) is 28.3. The van der Waals surface area contributed by atoms with E-state index in [4.69, 9.17) is 0 Å². The third-order valence-electron chi connectivity index (χ3n) is 6.68. The Morgan fingerprint density at radius 3 is 2.47 bits per heavy atom. The molecule has 4 nitrogen and oxygen atoms in total. The van der Waals surface area contributed by atoms with Gasteiger partial charge in [0.05, 0.1) is 16.8 Å². The molecule has 30 heavy (non-hydrogen) atoms. The number of benzene rings is 2. The van der Waals surface area contributed by atoms with Crippen LogP contribution in [0.5, 0.6) is 0 Å². The van der Waals surface area contributed by atoms with Gasteiger partial charge in [0.2, 0.25) is 14.8 Å². The van der Waals surface area contributed by atoms with E-state index in [0.717, 1.165) is 36.1 Å². The highest BCUT2D eigenvalue weighted by molar-refractivity contribution is 8.00. The summed E-state index contributed by atoms with van der Waals surface area (Å²) in [6.45, 7) is 4.19. The lowest BCUT2D eigenvalue weighted by molar-refractivity contribution is 0.0178. The third kappa shape index (κ3) is 3.94. The molecule has 1 heterocycles. The minimum Gasteiger partial charge on any atom is -0.392 e. The lowest BCUT2D eigenvalue weighted by Gasteiger charge is -2.39. The number of fused-ring (bicyclic) bond motifs is 1. The van der Waals surface area contributed by atoms with Crippen LogP contribution in [0.2, 0.25) is 0 Å². The standard InChI is InChI=1S/C25H33NO3S/c1-5-7-15-25(6-2)17-30(29,18-27)22-14-13-20(26(3)4)16-21(22)23(24(25)28)19-11-9-8-10-12-19/h8-14,16,23-24,28H,5-7,15,17H2,1-4H3/p+1/t23-,24-,25-,30?/m1/s1. The Hall–Kier alpha value is -2.07. The van der Waals surface area contributed by atoms with Crippen molar-refractivity contribution in [1.29, 1.82) is 0 Å². The molecule has 0 saturated heterocycles. The van der Waals surface area contributed by atoms with E-state index in [0.29, 0.717) is 11.3 Å². The first-order chi connectivity index (χ1) is 14.3. The number of hydrogen-bond donors (Lipinski definition) is 1. The molecule has 1 aliphatic rings. The summed E-state index contributed by atoms with van der Waals surface area (Å²) < 4.78 is 11.6. The zero-order valence-electron chi connectivity index (χ0n) is 18.5. The van der Waals surface area contributed by atoms with Crippen molar-refractivity contribution in [2.45, 2.75) is 56.4 Å². The van der Waals surface area contributed by atoms with Gasteiger partial charge >= 0.3 is 0 Å². The van der Waals surface area contributed by atoms with Crippen LogP contribution in [0.3, 0.4) is 0 Å². The number of nitrogens with zero attached hydrogens (tertiary/aromatic N) is 1. The molecule has 3 rings (SSSR count). The molecule has 0 fully saturated rings. The Balaban J connectivity index is 2.37. The minimum atomic E-state index is -2.82. The molecule has 4 atom stereocenters. The summed E-state index contributed by atoms with van der Waals surface area (Å²) in [5, 5.41) is 13.9. The number of unbranched alkanes of at least 4 members (excludes halogenated alkanes) is 1. The smallest absolute Gasteiger partial charge is 0.240 e. The van der Waals surface area contributed by atoms with Crippen LogP contribution in [0, 0.1) is 5.41 Å². The quantitative estimate of drug-likeness (QED) is 0.535. The molecule has 2 aromatic rings. The molecule has 1 unspecified atom stereocenters. The second-order valence-corrected chi connectivity index (χ2v) is 11.0. The summed E-state index contributed by atoms with van der Waals surface area (Å²) in [4.78, 5) is 14.9. The van der Waals surface area contributed by atoms with Gasteiger partial charge in [0.25, 0.3) is 0 Å². The second kappa shape index (κ2) is 8.97. The molecule has 0 radical (unpaired) electrons. The van der Waals surface area contributed by atoms with Gasteiger partial charge in [-0.1, -0.05) is 57.0 Å². The number of anilines is 1. The van der Waals surface area contributed by atoms with Crippen LogP contribution in [0.25, 0.3) is 0 Å². The second-order valence-electron chi connectivity index (χ2n) is 8.70. The predicted octanol–water partition coefficient (Wildman–Crippen LogP) is 4.71. The largest absolute Gasteiger partial charge is 0.392 e. The molecule has 2 N–H and O–H groups in total. The van der Waals surface area contributed by atoms with Gasteiger partial charge in [0.15, 0.2) is 0 Å². The Morgan fingerprint density at radius 1 is 1.20 bits per heavy atom. The number of aliphatic hydroxyl groups is 1. The molecule has 0 spiro atoms. The molecule has 0 aliphatic carbocycles. The van der Waals surface area contributed by atoms with Crippen molar-refractivity contribution in [1.82, 2.24) is 0 Å². The molecule has 162 valence electrons. The fraction of sp³-hybridized carbons (Fsp3) is 0.480. The van der Waals surface area contributed by atoms with Crippen molar-refractivity contribution in [3.8, 4) is 0 Å². The Labute approximate surface area is 180 Å². The van der Waals surface area contributed by atoms with Gasteiger partial charge < -0.3 is 10.0 Å². The molecule has 5 heteroatoms. The summed E-state index contributed by atoms with van der Waals surface area (Å²) in [5.41, 5.74) is 2.28. The summed E-state index contributed by atoms with van der Waals surface area (Å²) in [5.74, 6) is -0.0495. The minimum absolute atomic E-state index is 0.263. The van der Waals surface area contributed by atoms with Gasteiger partial charge in [0, 0.05) is 31.1 Å². The van der Waals surface area contributed by atoms with Crippen molar-refractivity contribution in [3.05, 3.63) is 59.7 Å².